The number of hydrogen-bond acceptors (Lipinski definition) is 5. The van der Waals surface area contributed by atoms with Crippen LogP contribution in [0.3, 0.4) is 0 Å². The molecular weight excluding hydrogens is 292 g/mol. The second-order valence-corrected chi connectivity index (χ2v) is 6.51. The number of carbonyl (C=O) groups excluding carboxylic acids is 1. The normalized spacial score (nSPS) is 19.2. The largest absolute Gasteiger partial charge is 0.363 e. The lowest BCUT2D eigenvalue weighted by Crippen LogP contribution is -2.67. The van der Waals surface area contributed by atoms with E-state index in [2.05, 4.69) is 5.32 Å². The quantitative estimate of drug-likeness (QED) is 0.564. The van der Waals surface area contributed by atoms with E-state index in [4.69, 9.17) is 11.5 Å². The summed E-state index contributed by atoms with van der Waals surface area (Å²) in [4.78, 5) is 13.4. The molecule has 0 bridgehead atoms. The van der Waals surface area contributed by atoms with Crippen LogP contribution < -0.4 is 16.8 Å². The number of carbonyl (C=O) groups is 1. The number of fused-ring (bicyclic) bond motifs is 1. The number of rotatable bonds is 7. The van der Waals surface area contributed by atoms with Crippen LogP contribution in [-0.2, 0) is 17.6 Å². The van der Waals surface area contributed by atoms with Crippen molar-refractivity contribution in [2.75, 3.05) is 11.9 Å². The van der Waals surface area contributed by atoms with E-state index in [9.17, 15) is 9.90 Å². The van der Waals surface area contributed by atoms with E-state index in [1.54, 1.807) is 4.90 Å². The van der Waals surface area contributed by atoms with Gasteiger partial charge in [-0.25, -0.2) is 4.90 Å². The van der Waals surface area contributed by atoms with Crippen LogP contribution in [0.15, 0.2) is 18.2 Å². The van der Waals surface area contributed by atoms with Crippen LogP contribution >= 0.6 is 0 Å². The van der Waals surface area contributed by atoms with Crippen LogP contribution in [0.2, 0.25) is 0 Å². The number of anilines is 1. The lowest BCUT2D eigenvalue weighted by molar-refractivity contribution is -0.153. The first-order valence-corrected chi connectivity index (χ1v) is 8.19. The summed E-state index contributed by atoms with van der Waals surface area (Å²) in [6.45, 7) is 6.20. The number of nitrogens with one attached hydrogen (secondary N) is 1. The molecule has 1 aromatic carbocycles. The van der Waals surface area contributed by atoms with Gasteiger partial charge in [0.25, 0.3) is 0 Å². The summed E-state index contributed by atoms with van der Waals surface area (Å²) >= 11 is 0. The minimum atomic E-state index is -1.45. The standard InChI is InChI=1S/C17H28N4O2/c1-4-16(3,18)21(17(19,23)5-2)10-9-12-7-6-8-14-13(12)11-15(22)20-14/h6-8,23H,4-5,9-11,18-19H2,1-3H3,(H,20,22). The van der Waals surface area contributed by atoms with Crippen molar-refractivity contribution in [2.24, 2.45) is 11.5 Å². The molecule has 0 saturated heterocycles. The second kappa shape index (κ2) is 6.57. The molecule has 0 fully saturated rings. The molecule has 0 spiro atoms. The summed E-state index contributed by atoms with van der Waals surface area (Å²) in [6.07, 6.45) is 2.12. The average molecular weight is 320 g/mol. The fourth-order valence-electron chi connectivity index (χ4n) is 3.05. The van der Waals surface area contributed by atoms with Crippen molar-refractivity contribution in [1.82, 2.24) is 4.90 Å². The van der Waals surface area contributed by atoms with E-state index in [-0.39, 0.29) is 5.91 Å². The van der Waals surface area contributed by atoms with E-state index < -0.39 is 11.5 Å². The van der Waals surface area contributed by atoms with Crippen LogP contribution in [-0.4, -0.2) is 34.0 Å². The van der Waals surface area contributed by atoms with Crippen molar-refractivity contribution in [3.8, 4) is 0 Å². The fourth-order valence-corrected chi connectivity index (χ4v) is 3.05. The third-order valence-electron chi connectivity index (χ3n) is 4.81. The minimum absolute atomic E-state index is 0.0189. The summed E-state index contributed by atoms with van der Waals surface area (Å²) in [6, 6.07) is 5.85. The van der Waals surface area contributed by atoms with Crippen LogP contribution in [0.5, 0.6) is 0 Å². The van der Waals surface area contributed by atoms with Gasteiger partial charge in [0.2, 0.25) is 5.91 Å². The smallest absolute Gasteiger partial charge is 0.228 e. The third kappa shape index (κ3) is 3.72. The molecule has 6 heteroatoms. The van der Waals surface area contributed by atoms with Gasteiger partial charge < -0.3 is 16.2 Å². The molecule has 6 N–H and O–H groups in total. The van der Waals surface area contributed by atoms with E-state index in [0.717, 1.165) is 16.8 Å². The molecule has 0 saturated carbocycles. The van der Waals surface area contributed by atoms with Gasteiger partial charge in [0.05, 0.1) is 12.1 Å². The van der Waals surface area contributed by atoms with Crippen LogP contribution in [0.1, 0.15) is 44.7 Å². The summed E-state index contributed by atoms with van der Waals surface area (Å²) < 4.78 is 0. The van der Waals surface area contributed by atoms with Crippen molar-refractivity contribution in [1.29, 1.82) is 0 Å². The Morgan fingerprint density at radius 2 is 2.00 bits per heavy atom. The van der Waals surface area contributed by atoms with Gasteiger partial charge in [-0.15, -0.1) is 0 Å². The summed E-state index contributed by atoms with van der Waals surface area (Å²) in [5.74, 6) is -1.43. The molecule has 6 nitrogen and oxygen atoms in total. The van der Waals surface area contributed by atoms with Crippen molar-refractivity contribution < 1.29 is 9.90 Å². The Balaban J connectivity index is 2.20. The third-order valence-corrected chi connectivity index (χ3v) is 4.81. The maximum Gasteiger partial charge on any atom is 0.228 e. The molecule has 1 aromatic rings. The molecule has 1 amide bonds. The van der Waals surface area contributed by atoms with Crippen molar-refractivity contribution in [2.45, 2.75) is 58.0 Å². The van der Waals surface area contributed by atoms with Gasteiger partial charge in [0, 0.05) is 18.7 Å². The molecule has 2 unspecified atom stereocenters. The Labute approximate surface area is 137 Å². The van der Waals surface area contributed by atoms with E-state index >= 15 is 0 Å². The molecule has 2 rings (SSSR count). The van der Waals surface area contributed by atoms with E-state index in [1.165, 1.54) is 0 Å². The highest BCUT2D eigenvalue weighted by molar-refractivity contribution is 5.99. The molecule has 0 radical (unpaired) electrons. The first-order chi connectivity index (χ1) is 10.7. The highest BCUT2D eigenvalue weighted by atomic mass is 16.3. The topological polar surface area (TPSA) is 105 Å². The van der Waals surface area contributed by atoms with Gasteiger partial charge in [-0.2, -0.15) is 0 Å². The van der Waals surface area contributed by atoms with Crippen LogP contribution in [0.4, 0.5) is 5.69 Å². The lowest BCUT2D eigenvalue weighted by Gasteiger charge is -2.46. The first-order valence-electron chi connectivity index (χ1n) is 8.19. The van der Waals surface area contributed by atoms with Crippen LogP contribution in [0, 0.1) is 0 Å². The zero-order chi connectivity index (χ0) is 17.3. The molecular formula is C17H28N4O2. The molecule has 1 aliphatic rings. The Bertz CT molecular complexity index is 568. The minimum Gasteiger partial charge on any atom is -0.363 e. The summed E-state index contributed by atoms with van der Waals surface area (Å²) in [5, 5.41) is 13.4. The van der Waals surface area contributed by atoms with Gasteiger partial charge in [-0.1, -0.05) is 26.0 Å². The number of hydrogen-bond donors (Lipinski definition) is 4. The van der Waals surface area contributed by atoms with Crippen LogP contribution in [0.25, 0.3) is 0 Å². The van der Waals surface area contributed by atoms with Crippen molar-refractivity contribution in [3.05, 3.63) is 29.3 Å². The van der Waals surface area contributed by atoms with E-state index in [0.29, 0.717) is 32.2 Å². The SMILES string of the molecule is CCC(C)(N)N(CCc1cccc2c1CC(=O)N2)C(N)(O)CC. The average Bonchev–Trinajstić information content (AvgIpc) is 2.88. The van der Waals surface area contributed by atoms with Gasteiger partial charge in [0.1, 0.15) is 0 Å². The van der Waals surface area contributed by atoms with Gasteiger partial charge in [-0.05, 0) is 37.0 Å². The molecule has 23 heavy (non-hydrogen) atoms. The Hall–Kier alpha value is -1.47. The summed E-state index contributed by atoms with van der Waals surface area (Å²) in [7, 11) is 0. The highest BCUT2D eigenvalue weighted by Gasteiger charge is 2.38. The second-order valence-electron chi connectivity index (χ2n) is 6.51. The monoisotopic (exact) mass is 320 g/mol. The molecule has 0 aromatic heterocycles. The maximum atomic E-state index is 11.6. The Kier molecular flexibility index (Phi) is 5.10. The fraction of sp³-hybridized carbons (Fsp3) is 0.588. The van der Waals surface area contributed by atoms with E-state index in [1.807, 2.05) is 39.0 Å². The number of amides is 1. The maximum absolute atomic E-state index is 11.6. The number of aliphatic hydroxyl groups is 1. The molecule has 1 aliphatic heterocycles. The number of nitrogens with two attached hydrogens (primary N) is 2. The zero-order valence-corrected chi connectivity index (χ0v) is 14.2. The molecule has 0 aliphatic carbocycles. The van der Waals surface area contributed by atoms with Gasteiger partial charge in [-0.3, -0.25) is 10.5 Å². The first kappa shape index (κ1) is 17.9. The Morgan fingerprint density at radius 1 is 1.30 bits per heavy atom. The van der Waals surface area contributed by atoms with Crippen molar-refractivity contribution >= 4 is 11.6 Å². The van der Waals surface area contributed by atoms with Crippen molar-refractivity contribution in [3.63, 3.8) is 0 Å². The molecule has 2 atom stereocenters. The predicted molar refractivity (Wildman–Crippen MR) is 91.5 cm³/mol. The Morgan fingerprint density at radius 3 is 2.61 bits per heavy atom. The summed E-state index contributed by atoms with van der Waals surface area (Å²) in [5.41, 5.74) is 14.7. The predicted octanol–water partition coefficient (Wildman–Crippen LogP) is 1.13. The van der Waals surface area contributed by atoms with Gasteiger partial charge >= 0.3 is 0 Å². The number of nitrogens with zero attached hydrogens (tertiary/aromatic N) is 1. The highest BCUT2D eigenvalue weighted by Crippen LogP contribution is 2.28. The molecule has 128 valence electrons. The zero-order valence-electron chi connectivity index (χ0n) is 14.2. The molecule has 1 heterocycles. The lowest BCUT2D eigenvalue weighted by atomic mass is 9.99. The number of benzene rings is 1. The van der Waals surface area contributed by atoms with Gasteiger partial charge in [0.15, 0.2) is 5.85 Å².